The van der Waals surface area contributed by atoms with Crippen molar-refractivity contribution in [3.63, 3.8) is 0 Å². The van der Waals surface area contributed by atoms with Crippen molar-refractivity contribution in [3.05, 3.63) is 27.3 Å². The molecule has 1 saturated heterocycles. The van der Waals surface area contributed by atoms with Crippen LogP contribution in [0.5, 0.6) is 0 Å². The first-order valence-electron chi connectivity index (χ1n) is 6.56. The Bertz CT molecular complexity index is 464. The predicted molar refractivity (Wildman–Crippen MR) is 86.4 cm³/mol. The van der Waals surface area contributed by atoms with E-state index in [2.05, 4.69) is 51.1 Å². The van der Waals surface area contributed by atoms with Crippen molar-refractivity contribution in [3.8, 4) is 0 Å². The Labute approximate surface area is 128 Å². The molecule has 0 aliphatic carbocycles. The van der Waals surface area contributed by atoms with Gasteiger partial charge in [-0.3, -0.25) is 9.69 Å². The third-order valence-corrected chi connectivity index (χ3v) is 3.95. The van der Waals surface area contributed by atoms with E-state index in [0.717, 1.165) is 30.9 Å². The van der Waals surface area contributed by atoms with E-state index in [-0.39, 0.29) is 5.91 Å². The first-order valence-corrected chi connectivity index (χ1v) is 7.64. The molecule has 0 aromatic heterocycles. The molecule has 0 saturated carbocycles. The fourth-order valence-corrected chi connectivity index (χ4v) is 2.96. The number of hydrogen-bond donors (Lipinski definition) is 2. The number of amides is 1. The van der Waals surface area contributed by atoms with Gasteiger partial charge in [0.25, 0.3) is 0 Å². The van der Waals surface area contributed by atoms with E-state index in [1.807, 2.05) is 19.1 Å². The average Bonchev–Trinajstić information content (AvgIpc) is 2.33. The van der Waals surface area contributed by atoms with Gasteiger partial charge >= 0.3 is 0 Å². The van der Waals surface area contributed by atoms with Crippen LogP contribution < -0.4 is 10.6 Å². The average molecular weight is 373 g/mol. The highest BCUT2D eigenvalue weighted by atomic mass is 127. The van der Waals surface area contributed by atoms with Crippen LogP contribution in [-0.4, -0.2) is 43.0 Å². The number of anilines is 1. The minimum absolute atomic E-state index is 0.0680. The quantitative estimate of drug-likeness (QED) is 0.795. The number of carbonyl (C=O) groups excluding carboxylic acids is 1. The lowest BCUT2D eigenvalue weighted by atomic mass is 10.2. The van der Waals surface area contributed by atoms with Crippen molar-refractivity contribution < 1.29 is 4.79 Å². The summed E-state index contributed by atoms with van der Waals surface area (Å²) in [5, 5.41) is 6.37. The zero-order chi connectivity index (χ0) is 13.8. The first kappa shape index (κ1) is 14.7. The molecule has 1 aromatic carbocycles. The standard InChI is InChI=1S/C14H20IN3O/c1-10-7-12(15)3-4-13(10)17-14(19)9-18-6-5-16-11(2)8-18/h3-4,7,11,16H,5-6,8-9H2,1-2H3,(H,17,19)/t11-/m1/s1. The third kappa shape index (κ3) is 4.43. The summed E-state index contributed by atoms with van der Waals surface area (Å²) >= 11 is 2.27. The van der Waals surface area contributed by atoms with Gasteiger partial charge < -0.3 is 10.6 Å². The van der Waals surface area contributed by atoms with Crippen molar-refractivity contribution in [1.29, 1.82) is 0 Å². The topological polar surface area (TPSA) is 44.4 Å². The number of halogens is 1. The molecule has 1 heterocycles. The second-order valence-corrected chi connectivity index (χ2v) is 6.34. The van der Waals surface area contributed by atoms with Crippen molar-refractivity contribution in [2.45, 2.75) is 19.9 Å². The molecule has 19 heavy (non-hydrogen) atoms. The second-order valence-electron chi connectivity index (χ2n) is 5.10. The van der Waals surface area contributed by atoms with Crippen LogP contribution in [-0.2, 0) is 4.79 Å². The molecule has 2 rings (SSSR count). The highest BCUT2D eigenvalue weighted by molar-refractivity contribution is 14.1. The smallest absolute Gasteiger partial charge is 0.238 e. The van der Waals surface area contributed by atoms with Crippen LogP contribution in [0, 0.1) is 10.5 Å². The Morgan fingerprint density at radius 3 is 3.05 bits per heavy atom. The molecule has 1 aromatic rings. The highest BCUT2D eigenvalue weighted by Crippen LogP contribution is 2.17. The molecule has 0 unspecified atom stereocenters. The lowest BCUT2D eigenvalue weighted by Gasteiger charge is -2.31. The Kier molecular flexibility index (Phi) is 5.18. The zero-order valence-corrected chi connectivity index (χ0v) is 13.5. The third-order valence-electron chi connectivity index (χ3n) is 3.28. The van der Waals surface area contributed by atoms with Gasteiger partial charge in [0.05, 0.1) is 6.54 Å². The molecule has 1 atom stereocenters. The summed E-state index contributed by atoms with van der Waals surface area (Å²) in [5.74, 6) is 0.0680. The summed E-state index contributed by atoms with van der Waals surface area (Å²) in [6.45, 7) is 7.45. The van der Waals surface area contributed by atoms with E-state index in [1.54, 1.807) is 0 Å². The van der Waals surface area contributed by atoms with Crippen LogP contribution in [0.2, 0.25) is 0 Å². The minimum atomic E-state index is 0.0680. The van der Waals surface area contributed by atoms with E-state index in [4.69, 9.17) is 0 Å². The van der Waals surface area contributed by atoms with Crippen LogP contribution in [0.1, 0.15) is 12.5 Å². The van der Waals surface area contributed by atoms with Crippen molar-refractivity contribution in [2.75, 3.05) is 31.5 Å². The molecule has 0 radical (unpaired) electrons. The molecule has 1 aliphatic rings. The molecule has 5 heteroatoms. The normalized spacial score (nSPS) is 20.3. The maximum atomic E-state index is 12.0. The number of piperazine rings is 1. The van der Waals surface area contributed by atoms with Crippen LogP contribution in [0.4, 0.5) is 5.69 Å². The number of hydrogen-bond acceptors (Lipinski definition) is 3. The molecule has 104 valence electrons. The van der Waals surface area contributed by atoms with Gasteiger partial charge in [0.15, 0.2) is 0 Å². The fraction of sp³-hybridized carbons (Fsp3) is 0.500. The van der Waals surface area contributed by atoms with E-state index in [1.165, 1.54) is 3.57 Å². The Morgan fingerprint density at radius 2 is 2.37 bits per heavy atom. The molecular weight excluding hydrogens is 353 g/mol. The number of benzene rings is 1. The molecule has 1 aliphatic heterocycles. The zero-order valence-electron chi connectivity index (χ0n) is 11.4. The monoisotopic (exact) mass is 373 g/mol. The van der Waals surface area contributed by atoms with E-state index in [0.29, 0.717) is 12.6 Å². The molecule has 1 fully saturated rings. The van der Waals surface area contributed by atoms with Gasteiger partial charge in [-0.2, -0.15) is 0 Å². The molecule has 0 bridgehead atoms. The van der Waals surface area contributed by atoms with Gasteiger partial charge in [0.2, 0.25) is 5.91 Å². The van der Waals surface area contributed by atoms with Gasteiger partial charge in [-0.25, -0.2) is 0 Å². The maximum Gasteiger partial charge on any atom is 0.238 e. The molecular formula is C14H20IN3O. The molecule has 4 nitrogen and oxygen atoms in total. The second kappa shape index (κ2) is 6.67. The number of nitrogens with one attached hydrogen (secondary N) is 2. The fourth-order valence-electron chi connectivity index (χ4n) is 2.32. The lowest BCUT2D eigenvalue weighted by molar-refractivity contribution is -0.117. The summed E-state index contributed by atoms with van der Waals surface area (Å²) in [7, 11) is 0. The van der Waals surface area contributed by atoms with Crippen LogP contribution >= 0.6 is 22.6 Å². The first-order chi connectivity index (χ1) is 9.04. The number of rotatable bonds is 3. The largest absolute Gasteiger partial charge is 0.325 e. The van der Waals surface area contributed by atoms with Crippen molar-refractivity contribution in [1.82, 2.24) is 10.2 Å². The predicted octanol–water partition coefficient (Wildman–Crippen LogP) is 1.83. The molecule has 0 spiro atoms. The van der Waals surface area contributed by atoms with Crippen molar-refractivity contribution >= 4 is 34.2 Å². The Morgan fingerprint density at radius 1 is 1.58 bits per heavy atom. The van der Waals surface area contributed by atoms with E-state index >= 15 is 0 Å². The van der Waals surface area contributed by atoms with Crippen LogP contribution in [0.25, 0.3) is 0 Å². The summed E-state index contributed by atoms with van der Waals surface area (Å²) in [4.78, 5) is 14.2. The van der Waals surface area contributed by atoms with E-state index < -0.39 is 0 Å². The maximum absolute atomic E-state index is 12.0. The van der Waals surface area contributed by atoms with Gasteiger partial charge in [-0.05, 0) is 60.2 Å². The summed E-state index contributed by atoms with van der Waals surface area (Å²) in [6, 6.07) is 6.51. The number of carbonyl (C=O) groups is 1. The van der Waals surface area contributed by atoms with Crippen LogP contribution in [0.3, 0.4) is 0 Å². The molecule has 1 amide bonds. The Hall–Kier alpha value is -0.660. The SMILES string of the molecule is Cc1cc(I)ccc1NC(=O)CN1CCN[C@H](C)C1. The van der Waals surface area contributed by atoms with Gasteiger partial charge in [-0.1, -0.05) is 0 Å². The van der Waals surface area contributed by atoms with Gasteiger partial charge in [0, 0.05) is 34.9 Å². The Balaban J connectivity index is 1.90. The number of nitrogens with zero attached hydrogens (tertiary/aromatic N) is 1. The van der Waals surface area contributed by atoms with E-state index in [9.17, 15) is 4.79 Å². The van der Waals surface area contributed by atoms with Crippen LogP contribution in [0.15, 0.2) is 18.2 Å². The summed E-state index contributed by atoms with van der Waals surface area (Å²) < 4.78 is 1.18. The lowest BCUT2D eigenvalue weighted by Crippen LogP contribution is -2.51. The van der Waals surface area contributed by atoms with Gasteiger partial charge in [0.1, 0.15) is 0 Å². The number of aryl methyl sites for hydroxylation is 1. The molecule has 2 N–H and O–H groups in total. The summed E-state index contributed by atoms with van der Waals surface area (Å²) in [5.41, 5.74) is 2.02. The highest BCUT2D eigenvalue weighted by Gasteiger charge is 2.18. The van der Waals surface area contributed by atoms with Crippen molar-refractivity contribution in [2.24, 2.45) is 0 Å². The van der Waals surface area contributed by atoms with Gasteiger partial charge in [-0.15, -0.1) is 0 Å². The minimum Gasteiger partial charge on any atom is -0.325 e. The summed E-state index contributed by atoms with van der Waals surface area (Å²) in [6.07, 6.45) is 0.